The SMILES string of the molecule is CC(=O)Nc1cccc(NC(=O)NCCc2cccc(C)c2)c1. The molecule has 0 aliphatic carbocycles. The van der Waals surface area contributed by atoms with Crippen molar-refractivity contribution in [2.45, 2.75) is 20.3 Å². The van der Waals surface area contributed by atoms with Gasteiger partial charge in [-0.25, -0.2) is 4.79 Å². The molecular weight excluding hydrogens is 290 g/mol. The standard InChI is InChI=1S/C18H21N3O2/c1-13-5-3-6-15(11-13)9-10-19-18(23)21-17-8-4-7-16(12-17)20-14(2)22/h3-8,11-12H,9-10H2,1-2H3,(H,20,22)(H2,19,21,23). The fourth-order valence-electron chi connectivity index (χ4n) is 2.24. The van der Waals surface area contributed by atoms with Crippen LogP contribution < -0.4 is 16.0 Å². The van der Waals surface area contributed by atoms with Gasteiger partial charge < -0.3 is 16.0 Å². The number of carbonyl (C=O) groups excluding carboxylic acids is 2. The highest BCUT2D eigenvalue weighted by atomic mass is 16.2. The van der Waals surface area contributed by atoms with Crippen LogP contribution in [0, 0.1) is 6.92 Å². The van der Waals surface area contributed by atoms with Crippen molar-refractivity contribution in [2.24, 2.45) is 0 Å². The Morgan fingerprint density at radius 2 is 1.65 bits per heavy atom. The van der Waals surface area contributed by atoms with Crippen LogP contribution in [0.2, 0.25) is 0 Å². The summed E-state index contributed by atoms with van der Waals surface area (Å²) < 4.78 is 0. The largest absolute Gasteiger partial charge is 0.338 e. The molecule has 3 amide bonds. The van der Waals surface area contributed by atoms with Gasteiger partial charge in [-0.2, -0.15) is 0 Å². The van der Waals surface area contributed by atoms with E-state index in [-0.39, 0.29) is 11.9 Å². The zero-order valence-corrected chi connectivity index (χ0v) is 13.3. The molecular formula is C18H21N3O2. The lowest BCUT2D eigenvalue weighted by molar-refractivity contribution is -0.114. The molecule has 2 aromatic rings. The zero-order chi connectivity index (χ0) is 16.7. The molecule has 0 fully saturated rings. The molecule has 0 heterocycles. The van der Waals surface area contributed by atoms with E-state index in [1.807, 2.05) is 25.1 Å². The van der Waals surface area contributed by atoms with Crippen molar-refractivity contribution in [3.05, 3.63) is 59.7 Å². The quantitative estimate of drug-likeness (QED) is 0.793. The lowest BCUT2D eigenvalue weighted by atomic mass is 10.1. The summed E-state index contributed by atoms with van der Waals surface area (Å²) >= 11 is 0. The van der Waals surface area contributed by atoms with Crippen molar-refractivity contribution in [3.8, 4) is 0 Å². The number of aryl methyl sites for hydroxylation is 1. The molecule has 0 saturated carbocycles. The molecule has 0 aliphatic rings. The van der Waals surface area contributed by atoms with E-state index in [0.29, 0.717) is 17.9 Å². The van der Waals surface area contributed by atoms with Gasteiger partial charge in [0.05, 0.1) is 0 Å². The van der Waals surface area contributed by atoms with E-state index in [1.165, 1.54) is 18.1 Å². The van der Waals surface area contributed by atoms with Crippen LogP contribution in [-0.2, 0) is 11.2 Å². The van der Waals surface area contributed by atoms with Crippen molar-refractivity contribution in [1.29, 1.82) is 0 Å². The Kier molecular flexibility index (Phi) is 5.74. The van der Waals surface area contributed by atoms with Crippen LogP contribution in [0.3, 0.4) is 0 Å². The minimum Gasteiger partial charge on any atom is -0.338 e. The van der Waals surface area contributed by atoms with Crippen LogP contribution in [0.25, 0.3) is 0 Å². The van der Waals surface area contributed by atoms with Crippen LogP contribution >= 0.6 is 0 Å². The number of hydrogen-bond acceptors (Lipinski definition) is 2. The predicted octanol–water partition coefficient (Wildman–Crippen LogP) is 3.32. The van der Waals surface area contributed by atoms with Crippen LogP contribution in [0.5, 0.6) is 0 Å². The first-order valence-corrected chi connectivity index (χ1v) is 7.51. The number of rotatable bonds is 5. The molecule has 0 saturated heterocycles. The third kappa shape index (κ3) is 5.82. The molecule has 23 heavy (non-hydrogen) atoms. The number of urea groups is 1. The molecule has 5 heteroatoms. The van der Waals surface area contributed by atoms with Crippen LogP contribution in [-0.4, -0.2) is 18.5 Å². The molecule has 0 radical (unpaired) electrons. The van der Waals surface area contributed by atoms with E-state index in [4.69, 9.17) is 0 Å². The summed E-state index contributed by atoms with van der Waals surface area (Å²) in [5, 5.41) is 8.25. The monoisotopic (exact) mass is 311 g/mol. The maximum Gasteiger partial charge on any atom is 0.319 e. The number of benzene rings is 2. The predicted molar refractivity (Wildman–Crippen MR) is 92.7 cm³/mol. The average Bonchev–Trinajstić information content (AvgIpc) is 2.47. The highest BCUT2D eigenvalue weighted by Crippen LogP contribution is 2.14. The average molecular weight is 311 g/mol. The Balaban J connectivity index is 1.81. The highest BCUT2D eigenvalue weighted by Gasteiger charge is 2.03. The first-order valence-electron chi connectivity index (χ1n) is 7.51. The van der Waals surface area contributed by atoms with E-state index in [1.54, 1.807) is 24.3 Å². The van der Waals surface area contributed by atoms with Crippen LogP contribution in [0.15, 0.2) is 48.5 Å². The van der Waals surface area contributed by atoms with Gasteiger partial charge in [-0.05, 0) is 37.1 Å². The van der Waals surface area contributed by atoms with Crippen molar-refractivity contribution in [3.63, 3.8) is 0 Å². The molecule has 2 aromatic carbocycles. The Labute approximate surface area is 136 Å². The molecule has 0 aliphatic heterocycles. The van der Waals surface area contributed by atoms with Crippen molar-refractivity contribution in [2.75, 3.05) is 17.2 Å². The molecule has 3 N–H and O–H groups in total. The van der Waals surface area contributed by atoms with Gasteiger partial charge >= 0.3 is 6.03 Å². The third-order valence-corrected chi connectivity index (χ3v) is 3.22. The number of nitrogens with one attached hydrogen (secondary N) is 3. The van der Waals surface area contributed by atoms with E-state index in [0.717, 1.165) is 6.42 Å². The van der Waals surface area contributed by atoms with Gasteiger partial charge in [-0.3, -0.25) is 4.79 Å². The Morgan fingerprint density at radius 1 is 0.957 bits per heavy atom. The second-order valence-corrected chi connectivity index (χ2v) is 5.38. The summed E-state index contributed by atoms with van der Waals surface area (Å²) in [6, 6.07) is 15.0. The van der Waals surface area contributed by atoms with Crippen molar-refractivity contribution >= 4 is 23.3 Å². The molecule has 5 nitrogen and oxygen atoms in total. The van der Waals surface area contributed by atoms with Gasteiger partial charge in [-0.15, -0.1) is 0 Å². The zero-order valence-electron chi connectivity index (χ0n) is 13.3. The van der Waals surface area contributed by atoms with Crippen molar-refractivity contribution < 1.29 is 9.59 Å². The van der Waals surface area contributed by atoms with Gasteiger partial charge in [0.25, 0.3) is 0 Å². The van der Waals surface area contributed by atoms with Gasteiger partial charge in [-0.1, -0.05) is 35.9 Å². The Morgan fingerprint density at radius 3 is 2.35 bits per heavy atom. The second kappa shape index (κ2) is 7.98. The minimum atomic E-state index is -0.266. The Bertz CT molecular complexity index is 698. The fourth-order valence-corrected chi connectivity index (χ4v) is 2.24. The normalized spacial score (nSPS) is 10.0. The van der Waals surface area contributed by atoms with Crippen LogP contribution in [0.4, 0.5) is 16.2 Å². The first kappa shape index (κ1) is 16.5. The summed E-state index contributed by atoms with van der Waals surface area (Å²) in [4.78, 5) is 22.9. The maximum absolute atomic E-state index is 11.9. The molecule has 0 atom stereocenters. The number of amides is 3. The van der Waals surface area contributed by atoms with Crippen molar-refractivity contribution in [1.82, 2.24) is 5.32 Å². The third-order valence-electron chi connectivity index (χ3n) is 3.22. The smallest absolute Gasteiger partial charge is 0.319 e. The lowest BCUT2D eigenvalue weighted by Gasteiger charge is -2.09. The van der Waals surface area contributed by atoms with Gasteiger partial charge in [0.1, 0.15) is 0 Å². The molecule has 0 aromatic heterocycles. The van der Waals surface area contributed by atoms with Gasteiger partial charge in [0, 0.05) is 24.8 Å². The first-order chi connectivity index (χ1) is 11.0. The van der Waals surface area contributed by atoms with E-state index in [9.17, 15) is 9.59 Å². The Hall–Kier alpha value is -2.82. The summed E-state index contributed by atoms with van der Waals surface area (Å²) in [5.74, 6) is -0.148. The summed E-state index contributed by atoms with van der Waals surface area (Å²) in [7, 11) is 0. The lowest BCUT2D eigenvalue weighted by Crippen LogP contribution is -2.30. The summed E-state index contributed by atoms with van der Waals surface area (Å²) in [6.45, 7) is 4.05. The molecule has 0 bridgehead atoms. The minimum absolute atomic E-state index is 0.148. The van der Waals surface area contributed by atoms with Crippen LogP contribution in [0.1, 0.15) is 18.1 Å². The second-order valence-electron chi connectivity index (χ2n) is 5.38. The molecule has 2 rings (SSSR count). The van der Waals surface area contributed by atoms with E-state index in [2.05, 4.69) is 22.0 Å². The number of hydrogen-bond donors (Lipinski definition) is 3. The maximum atomic E-state index is 11.9. The number of carbonyl (C=O) groups is 2. The summed E-state index contributed by atoms with van der Waals surface area (Å²) in [6.07, 6.45) is 0.779. The van der Waals surface area contributed by atoms with E-state index >= 15 is 0 Å². The highest BCUT2D eigenvalue weighted by molar-refractivity contribution is 5.92. The van der Waals surface area contributed by atoms with E-state index < -0.39 is 0 Å². The topological polar surface area (TPSA) is 70.2 Å². The molecule has 0 spiro atoms. The van der Waals surface area contributed by atoms with Gasteiger partial charge in [0.2, 0.25) is 5.91 Å². The summed E-state index contributed by atoms with van der Waals surface area (Å²) in [5.41, 5.74) is 3.68. The number of anilines is 2. The molecule has 120 valence electrons. The fraction of sp³-hybridized carbons (Fsp3) is 0.222. The van der Waals surface area contributed by atoms with Gasteiger partial charge in [0.15, 0.2) is 0 Å². The molecule has 0 unspecified atom stereocenters.